The first-order chi connectivity index (χ1) is 9.63. The summed E-state index contributed by atoms with van der Waals surface area (Å²) in [6, 6.07) is 9.00. The van der Waals surface area contributed by atoms with Crippen LogP contribution in [0.4, 0.5) is 5.82 Å². The van der Waals surface area contributed by atoms with Crippen LogP contribution >= 0.6 is 23.2 Å². The first-order valence-electron chi connectivity index (χ1n) is 5.84. The number of hydrogen-bond donors (Lipinski definition) is 1. The van der Waals surface area contributed by atoms with E-state index in [1.807, 2.05) is 22.8 Å². The Morgan fingerprint density at radius 3 is 2.50 bits per heavy atom. The minimum atomic E-state index is 0.458. The van der Waals surface area contributed by atoms with Crippen molar-refractivity contribution < 1.29 is 0 Å². The standard InChI is InChI=1S/C14H10Cl2N4/c15-10-4-11(16)6-12(5-10)20-8-18-7-13(20)9-1-2-19-14(17)3-9/h1-8H,(H2,17,19). The summed E-state index contributed by atoms with van der Waals surface area (Å²) in [6.07, 6.45) is 5.12. The molecule has 1 aromatic carbocycles. The van der Waals surface area contributed by atoms with Crippen molar-refractivity contribution in [2.75, 3.05) is 5.73 Å². The number of pyridine rings is 1. The van der Waals surface area contributed by atoms with Crippen molar-refractivity contribution in [1.29, 1.82) is 0 Å². The Balaban J connectivity index is 2.15. The zero-order valence-electron chi connectivity index (χ0n) is 10.3. The van der Waals surface area contributed by atoms with Crippen LogP contribution in [0.3, 0.4) is 0 Å². The van der Waals surface area contributed by atoms with E-state index in [4.69, 9.17) is 28.9 Å². The molecule has 0 amide bonds. The number of nitrogen functional groups attached to an aromatic ring is 1. The Kier molecular flexibility index (Phi) is 3.34. The molecule has 0 aliphatic carbocycles. The van der Waals surface area contributed by atoms with Crippen molar-refractivity contribution in [3.8, 4) is 16.9 Å². The Morgan fingerprint density at radius 2 is 1.80 bits per heavy atom. The van der Waals surface area contributed by atoms with Crippen LogP contribution in [0, 0.1) is 0 Å². The van der Waals surface area contributed by atoms with Gasteiger partial charge in [0.05, 0.1) is 23.9 Å². The molecule has 0 saturated heterocycles. The van der Waals surface area contributed by atoms with Gasteiger partial charge in [-0.3, -0.25) is 4.57 Å². The third-order valence-electron chi connectivity index (χ3n) is 2.84. The van der Waals surface area contributed by atoms with Crippen LogP contribution in [-0.2, 0) is 0 Å². The largest absolute Gasteiger partial charge is 0.384 e. The van der Waals surface area contributed by atoms with Crippen molar-refractivity contribution in [2.45, 2.75) is 0 Å². The van der Waals surface area contributed by atoms with Gasteiger partial charge in [-0.2, -0.15) is 0 Å². The Labute approximate surface area is 125 Å². The lowest BCUT2D eigenvalue weighted by atomic mass is 10.2. The summed E-state index contributed by atoms with van der Waals surface area (Å²) in [5.41, 5.74) is 8.37. The van der Waals surface area contributed by atoms with E-state index >= 15 is 0 Å². The maximum atomic E-state index is 6.04. The summed E-state index contributed by atoms with van der Waals surface area (Å²) in [7, 11) is 0. The average molecular weight is 305 g/mol. The molecule has 0 aliphatic heterocycles. The zero-order valence-corrected chi connectivity index (χ0v) is 11.8. The molecule has 2 heterocycles. The fraction of sp³-hybridized carbons (Fsp3) is 0. The molecule has 20 heavy (non-hydrogen) atoms. The summed E-state index contributed by atoms with van der Waals surface area (Å²) in [4.78, 5) is 8.17. The van der Waals surface area contributed by atoms with Gasteiger partial charge in [0.2, 0.25) is 0 Å². The Morgan fingerprint density at radius 1 is 1.05 bits per heavy atom. The lowest BCUT2D eigenvalue weighted by Crippen LogP contribution is -1.96. The van der Waals surface area contributed by atoms with Crippen LogP contribution in [0.5, 0.6) is 0 Å². The van der Waals surface area contributed by atoms with Crippen molar-refractivity contribution >= 4 is 29.0 Å². The van der Waals surface area contributed by atoms with Gasteiger partial charge >= 0.3 is 0 Å². The van der Waals surface area contributed by atoms with Crippen LogP contribution < -0.4 is 5.73 Å². The van der Waals surface area contributed by atoms with Gasteiger partial charge in [0.15, 0.2) is 0 Å². The molecule has 0 unspecified atom stereocenters. The third-order valence-corrected chi connectivity index (χ3v) is 3.28. The number of benzene rings is 1. The maximum Gasteiger partial charge on any atom is 0.123 e. The Hall–Kier alpha value is -2.04. The van der Waals surface area contributed by atoms with Crippen molar-refractivity contribution in [2.24, 2.45) is 0 Å². The number of imidazole rings is 1. The number of halogens is 2. The number of hydrogen-bond acceptors (Lipinski definition) is 3. The van der Waals surface area contributed by atoms with Crippen LogP contribution in [0.15, 0.2) is 49.1 Å². The molecule has 6 heteroatoms. The van der Waals surface area contributed by atoms with E-state index in [0.29, 0.717) is 15.9 Å². The minimum Gasteiger partial charge on any atom is -0.384 e. The third kappa shape index (κ3) is 2.48. The van der Waals surface area contributed by atoms with E-state index in [0.717, 1.165) is 16.9 Å². The molecule has 0 radical (unpaired) electrons. The molecule has 0 bridgehead atoms. The molecule has 0 spiro atoms. The quantitative estimate of drug-likeness (QED) is 0.783. The number of nitrogens with two attached hydrogens (primary N) is 1. The summed E-state index contributed by atoms with van der Waals surface area (Å²) in [5, 5.41) is 1.14. The second-order valence-corrected chi connectivity index (χ2v) is 5.12. The van der Waals surface area contributed by atoms with Gasteiger partial charge in [-0.1, -0.05) is 23.2 Å². The van der Waals surface area contributed by atoms with E-state index < -0.39 is 0 Å². The van der Waals surface area contributed by atoms with Crippen LogP contribution in [0.1, 0.15) is 0 Å². The van der Waals surface area contributed by atoms with Crippen molar-refractivity contribution in [1.82, 2.24) is 14.5 Å². The first kappa shape index (κ1) is 13.0. The van der Waals surface area contributed by atoms with Crippen LogP contribution in [-0.4, -0.2) is 14.5 Å². The molecule has 100 valence electrons. The number of rotatable bonds is 2. The second-order valence-electron chi connectivity index (χ2n) is 4.25. The van der Waals surface area contributed by atoms with Gasteiger partial charge in [0.25, 0.3) is 0 Å². The monoisotopic (exact) mass is 304 g/mol. The van der Waals surface area contributed by atoms with Gasteiger partial charge in [-0.25, -0.2) is 9.97 Å². The second kappa shape index (κ2) is 5.15. The number of nitrogens with zero attached hydrogens (tertiary/aromatic N) is 3. The fourth-order valence-electron chi connectivity index (χ4n) is 2.00. The zero-order chi connectivity index (χ0) is 14.1. The lowest BCUT2D eigenvalue weighted by molar-refractivity contribution is 1.06. The molecular weight excluding hydrogens is 295 g/mol. The highest BCUT2D eigenvalue weighted by Gasteiger charge is 2.09. The summed E-state index contributed by atoms with van der Waals surface area (Å²) in [6.45, 7) is 0. The summed E-state index contributed by atoms with van der Waals surface area (Å²) < 4.78 is 1.90. The van der Waals surface area contributed by atoms with Crippen molar-refractivity contribution in [3.63, 3.8) is 0 Å². The highest BCUT2D eigenvalue weighted by atomic mass is 35.5. The molecule has 0 saturated carbocycles. The number of aromatic nitrogens is 3. The summed E-state index contributed by atoms with van der Waals surface area (Å²) >= 11 is 12.1. The molecule has 4 nitrogen and oxygen atoms in total. The van der Waals surface area contributed by atoms with Gasteiger partial charge < -0.3 is 5.73 Å². The number of anilines is 1. The molecule has 3 aromatic rings. The molecular formula is C14H10Cl2N4. The van der Waals surface area contributed by atoms with Crippen LogP contribution in [0.2, 0.25) is 10.0 Å². The highest BCUT2D eigenvalue weighted by Crippen LogP contribution is 2.27. The maximum absolute atomic E-state index is 6.04. The van der Waals surface area contributed by atoms with Crippen LogP contribution in [0.25, 0.3) is 16.9 Å². The molecule has 0 atom stereocenters. The molecule has 0 aliphatic rings. The van der Waals surface area contributed by atoms with Gasteiger partial charge in [0, 0.05) is 21.8 Å². The van der Waals surface area contributed by atoms with E-state index in [2.05, 4.69) is 9.97 Å². The van der Waals surface area contributed by atoms with E-state index in [-0.39, 0.29) is 0 Å². The van der Waals surface area contributed by atoms with E-state index in [1.165, 1.54) is 0 Å². The van der Waals surface area contributed by atoms with Gasteiger partial charge in [0.1, 0.15) is 5.82 Å². The first-order valence-corrected chi connectivity index (χ1v) is 6.60. The summed E-state index contributed by atoms with van der Waals surface area (Å²) in [5.74, 6) is 0.458. The topological polar surface area (TPSA) is 56.7 Å². The predicted octanol–water partition coefficient (Wildman–Crippen LogP) is 3.82. The molecule has 3 rings (SSSR count). The molecule has 2 aromatic heterocycles. The van der Waals surface area contributed by atoms with Gasteiger partial charge in [-0.05, 0) is 30.3 Å². The SMILES string of the molecule is Nc1cc(-c2cncn2-c2cc(Cl)cc(Cl)c2)ccn1. The predicted molar refractivity (Wildman–Crippen MR) is 81.2 cm³/mol. The minimum absolute atomic E-state index is 0.458. The lowest BCUT2D eigenvalue weighted by Gasteiger charge is -2.09. The highest BCUT2D eigenvalue weighted by molar-refractivity contribution is 6.34. The van der Waals surface area contributed by atoms with Crippen molar-refractivity contribution in [3.05, 3.63) is 59.1 Å². The van der Waals surface area contributed by atoms with Gasteiger partial charge in [-0.15, -0.1) is 0 Å². The average Bonchev–Trinajstić information content (AvgIpc) is 2.86. The van der Waals surface area contributed by atoms with E-state index in [1.54, 1.807) is 30.9 Å². The Bertz CT molecular complexity index is 747. The molecule has 0 fully saturated rings. The fourth-order valence-corrected chi connectivity index (χ4v) is 2.51. The smallest absolute Gasteiger partial charge is 0.123 e. The van der Waals surface area contributed by atoms with E-state index in [9.17, 15) is 0 Å². The molecule has 2 N–H and O–H groups in total. The normalized spacial score (nSPS) is 10.7.